The van der Waals surface area contributed by atoms with Crippen LogP contribution in [-0.4, -0.2) is 24.5 Å². The lowest BCUT2D eigenvalue weighted by atomic mass is 9.90. The van der Waals surface area contributed by atoms with E-state index in [-0.39, 0.29) is 23.6 Å². The molecule has 0 bridgehead atoms. The number of benzene rings is 1. The van der Waals surface area contributed by atoms with Crippen molar-refractivity contribution < 1.29 is 4.39 Å². The lowest BCUT2D eigenvalue weighted by molar-refractivity contribution is 0.274. The van der Waals surface area contributed by atoms with Crippen LogP contribution in [0.25, 0.3) is 0 Å². The maximum atomic E-state index is 13.2. The number of rotatable bonds is 3. The third-order valence-electron chi connectivity index (χ3n) is 3.83. The molecule has 1 aliphatic rings. The van der Waals surface area contributed by atoms with Gasteiger partial charge in [0.15, 0.2) is 0 Å². The molecule has 1 atom stereocenters. The fraction of sp³-hybridized carbons (Fsp3) is 0.571. The van der Waals surface area contributed by atoms with Crippen molar-refractivity contribution in [2.45, 2.75) is 26.8 Å². The molecule has 1 aliphatic heterocycles. The molecule has 1 aromatic rings. The molecule has 2 rings (SSSR count). The second-order valence-electron chi connectivity index (χ2n) is 5.55. The van der Waals surface area contributed by atoms with E-state index >= 15 is 0 Å². The summed E-state index contributed by atoms with van der Waals surface area (Å²) in [6.45, 7) is 7.90. The van der Waals surface area contributed by atoms with Gasteiger partial charge in [0.1, 0.15) is 5.82 Å². The second kappa shape index (κ2) is 6.00. The van der Waals surface area contributed by atoms with Crippen molar-refractivity contribution in [3.05, 3.63) is 35.1 Å². The quantitative estimate of drug-likeness (QED) is 0.917. The molecule has 4 heteroatoms. The molecule has 1 heterocycles. The van der Waals surface area contributed by atoms with Crippen molar-refractivity contribution in [3.8, 4) is 0 Å². The molecule has 1 fully saturated rings. The van der Waals surface area contributed by atoms with Crippen LogP contribution >= 0.6 is 12.4 Å². The van der Waals surface area contributed by atoms with Gasteiger partial charge in [0.05, 0.1) is 0 Å². The predicted octanol–water partition coefficient (Wildman–Crippen LogP) is 2.73. The Balaban J connectivity index is 0.00000162. The van der Waals surface area contributed by atoms with Gasteiger partial charge in [0.25, 0.3) is 0 Å². The molecular weight excluding hydrogens is 251 g/mol. The summed E-state index contributed by atoms with van der Waals surface area (Å²) < 4.78 is 13.2. The second-order valence-corrected chi connectivity index (χ2v) is 5.55. The average Bonchev–Trinajstić information content (AvgIpc) is 2.67. The van der Waals surface area contributed by atoms with Gasteiger partial charge in [-0.1, -0.05) is 13.0 Å². The van der Waals surface area contributed by atoms with E-state index in [1.165, 1.54) is 6.07 Å². The molecular formula is C14H22ClFN2. The Kier molecular flexibility index (Phi) is 5.14. The highest BCUT2D eigenvalue weighted by molar-refractivity contribution is 5.85. The average molecular weight is 273 g/mol. The van der Waals surface area contributed by atoms with Crippen molar-refractivity contribution in [1.82, 2.24) is 4.90 Å². The summed E-state index contributed by atoms with van der Waals surface area (Å²) in [5, 5.41) is 0. The lowest BCUT2D eigenvalue weighted by Crippen LogP contribution is -2.31. The van der Waals surface area contributed by atoms with Gasteiger partial charge in [-0.15, -0.1) is 12.4 Å². The first kappa shape index (κ1) is 15.4. The fourth-order valence-electron chi connectivity index (χ4n) is 2.48. The van der Waals surface area contributed by atoms with Gasteiger partial charge in [-0.2, -0.15) is 0 Å². The topological polar surface area (TPSA) is 29.3 Å². The van der Waals surface area contributed by atoms with E-state index in [1.807, 2.05) is 13.0 Å². The Labute approximate surface area is 115 Å². The normalized spacial score (nSPS) is 24.0. The van der Waals surface area contributed by atoms with Gasteiger partial charge in [0, 0.05) is 13.1 Å². The minimum Gasteiger partial charge on any atom is -0.330 e. The van der Waals surface area contributed by atoms with Crippen molar-refractivity contribution in [3.63, 3.8) is 0 Å². The zero-order chi connectivity index (χ0) is 12.5. The number of hydrogen-bond donors (Lipinski definition) is 1. The van der Waals surface area contributed by atoms with Crippen LogP contribution in [0.15, 0.2) is 18.2 Å². The van der Waals surface area contributed by atoms with E-state index in [2.05, 4.69) is 11.8 Å². The van der Waals surface area contributed by atoms with Crippen LogP contribution in [0, 0.1) is 18.2 Å². The molecule has 2 N–H and O–H groups in total. The Morgan fingerprint density at radius 1 is 1.44 bits per heavy atom. The first-order valence-corrected chi connectivity index (χ1v) is 6.20. The summed E-state index contributed by atoms with van der Waals surface area (Å²) in [4.78, 5) is 2.37. The van der Waals surface area contributed by atoms with E-state index in [0.717, 1.165) is 43.7 Å². The smallest absolute Gasteiger partial charge is 0.123 e. The number of likely N-dealkylation sites (tertiary alicyclic amines) is 1. The predicted molar refractivity (Wildman–Crippen MR) is 75.4 cm³/mol. The van der Waals surface area contributed by atoms with Crippen LogP contribution in [-0.2, 0) is 6.54 Å². The molecule has 102 valence electrons. The van der Waals surface area contributed by atoms with Gasteiger partial charge in [0.2, 0.25) is 0 Å². The van der Waals surface area contributed by atoms with Crippen LogP contribution < -0.4 is 5.73 Å². The minimum atomic E-state index is -0.147. The van der Waals surface area contributed by atoms with E-state index in [0.29, 0.717) is 0 Å². The van der Waals surface area contributed by atoms with E-state index in [9.17, 15) is 4.39 Å². The standard InChI is InChI=1S/C14H21FN2.ClH/c1-11-3-4-13(15)7-12(11)8-17-6-5-14(2,9-16)10-17;/h3-4,7H,5-6,8-10,16H2,1-2H3;1H. The van der Waals surface area contributed by atoms with Gasteiger partial charge >= 0.3 is 0 Å². The molecule has 0 amide bonds. The Bertz CT molecular complexity index is 411. The molecule has 0 radical (unpaired) electrons. The van der Waals surface area contributed by atoms with E-state index < -0.39 is 0 Å². The highest BCUT2D eigenvalue weighted by Crippen LogP contribution is 2.29. The molecule has 18 heavy (non-hydrogen) atoms. The van der Waals surface area contributed by atoms with Crippen molar-refractivity contribution in [1.29, 1.82) is 0 Å². The molecule has 2 nitrogen and oxygen atoms in total. The monoisotopic (exact) mass is 272 g/mol. The van der Waals surface area contributed by atoms with Crippen molar-refractivity contribution in [2.75, 3.05) is 19.6 Å². The summed E-state index contributed by atoms with van der Waals surface area (Å²) in [6, 6.07) is 5.02. The van der Waals surface area contributed by atoms with Crippen LogP contribution in [0.3, 0.4) is 0 Å². The molecule has 1 unspecified atom stereocenters. The summed E-state index contributed by atoms with van der Waals surface area (Å²) in [5.74, 6) is -0.147. The molecule has 0 saturated carbocycles. The van der Waals surface area contributed by atoms with E-state index in [1.54, 1.807) is 6.07 Å². The number of halogens is 2. The van der Waals surface area contributed by atoms with Crippen molar-refractivity contribution >= 4 is 12.4 Å². The van der Waals surface area contributed by atoms with Crippen LogP contribution in [0.2, 0.25) is 0 Å². The van der Waals surface area contributed by atoms with Crippen molar-refractivity contribution in [2.24, 2.45) is 11.1 Å². The fourth-order valence-corrected chi connectivity index (χ4v) is 2.48. The molecule has 0 aliphatic carbocycles. The summed E-state index contributed by atoms with van der Waals surface area (Å²) in [6.07, 6.45) is 1.14. The first-order valence-electron chi connectivity index (χ1n) is 6.20. The molecule has 1 aromatic carbocycles. The van der Waals surface area contributed by atoms with Gasteiger partial charge in [-0.3, -0.25) is 4.90 Å². The van der Waals surface area contributed by atoms with Gasteiger partial charge < -0.3 is 5.73 Å². The number of hydrogen-bond acceptors (Lipinski definition) is 2. The van der Waals surface area contributed by atoms with Crippen LogP contribution in [0.1, 0.15) is 24.5 Å². The summed E-state index contributed by atoms with van der Waals surface area (Å²) in [7, 11) is 0. The number of nitrogens with two attached hydrogens (primary N) is 1. The Morgan fingerprint density at radius 2 is 2.17 bits per heavy atom. The maximum Gasteiger partial charge on any atom is 0.123 e. The summed E-state index contributed by atoms with van der Waals surface area (Å²) >= 11 is 0. The lowest BCUT2D eigenvalue weighted by Gasteiger charge is -2.23. The maximum absolute atomic E-state index is 13.2. The molecule has 1 saturated heterocycles. The Hall–Kier alpha value is -0.640. The zero-order valence-corrected chi connectivity index (χ0v) is 11.9. The number of aryl methyl sites for hydroxylation is 1. The number of nitrogens with zero attached hydrogens (tertiary/aromatic N) is 1. The third-order valence-corrected chi connectivity index (χ3v) is 3.83. The van der Waals surface area contributed by atoms with Crippen LogP contribution in [0.5, 0.6) is 0 Å². The largest absolute Gasteiger partial charge is 0.330 e. The first-order chi connectivity index (χ1) is 8.02. The summed E-state index contributed by atoms with van der Waals surface area (Å²) in [5.41, 5.74) is 8.28. The van der Waals surface area contributed by atoms with E-state index in [4.69, 9.17) is 5.73 Å². The highest BCUT2D eigenvalue weighted by atomic mass is 35.5. The zero-order valence-electron chi connectivity index (χ0n) is 11.1. The molecule has 0 aromatic heterocycles. The van der Waals surface area contributed by atoms with Gasteiger partial charge in [-0.25, -0.2) is 4.39 Å². The van der Waals surface area contributed by atoms with Gasteiger partial charge in [-0.05, 0) is 55.1 Å². The SMILES string of the molecule is Cc1ccc(F)cc1CN1CCC(C)(CN)C1.Cl. The Morgan fingerprint density at radius 3 is 2.78 bits per heavy atom. The highest BCUT2D eigenvalue weighted by Gasteiger charge is 2.32. The van der Waals surface area contributed by atoms with Crippen LogP contribution in [0.4, 0.5) is 4.39 Å². The third kappa shape index (κ3) is 3.44. The minimum absolute atomic E-state index is 0. The molecule has 0 spiro atoms.